The van der Waals surface area contributed by atoms with Crippen LogP contribution in [0.4, 0.5) is 5.69 Å². The Bertz CT molecular complexity index is 1060. The summed E-state index contributed by atoms with van der Waals surface area (Å²) < 4.78 is 9.82. The molecule has 0 radical (unpaired) electrons. The number of anilines is 1. The minimum atomic E-state index is -0.153. The minimum Gasteiger partial charge on any atom is -0.337 e. The lowest BCUT2D eigenvalue weighted by atomic mass is 10.2. The van der Waals surface area contributed by atoms with Crippen molar-refractivity contribution < 1.29 is 4.79 Å². The number of imidazole rings is 1. The number of nitrogen functional groups attached to an aromatic ring is 1. The van der Waals surface area contributed by atoms with Gasteiger partial charge in [0.05, 0.1) is 35.1 Å². The Morgan fingerprint density at radius 1 is 1.15 bits per heavy atom. The topological polar surface area (TPSA) is 98.7 Å². The molecule has 4 rings (SSSR count). The van der Waals surface area contributed by atoms with E-state index in [1.165, 1.54) is 16.4 Å². The molecule has 2 heterocycles. The van der Waals surface area contributed by atoms with Gasteiger partial charge in [0, 0.05) is 5.56 Å². The number of nitrogens with one attached hydrogen (secondary N) is 1. The number of rotatable bonds is 5. The van der Waals surface area contributed by atoms with E-state index in [1.807, 2.05) is 48.5 Å². The van der Waals surface area contributed by atoms with Crippen LogP contribution in [0.5, 0.6) is 0 Å². The van der Waals surface area contributed by atoms with Gasteiger partial charge in [0.2, 0.25) is 5.91 Å². The van der Waals surface area contributed by atoms with E-state index < -0.39 is 0 Å². The molecule has 26 heavy (non-hydrogen) atoms. The summed E-state index contributed by atoms with van der Waals surface area (Å²) >= 11 is 2.40. The van der Waals surface area contributed by atoms with Crippen molar-refractivity contribution in [3.63, 3.8) is 0 Å². The molecule has 0 aliphatic heterocycles. The lowest BCUT2D eigenvalue weighted by molar-refractivity contribution is -0.113. The average molecular weight is 382 g/mol. The van der Waals surface area contributed by atoms with Gasteiger partial charge < -0.3 is 11.2 Å². The zero-order valence-corrected chi connectivity index (χ0v) is 15.1. The third-order valence-corrected chi connectivity index (χ3v) is 5.17. The van der Waals surface area contributed by atoms with Crippen LogP contribution < -0.4 is 11.2 Å². The fourth-order valence-corrected chi connectivity index (χ4v) is 3.70. The normalized spacial score (nSPS) is 10.9. The molecule has 130 valence electrons. The highest BCUT2D eigenvalue weighted by Crippen LogP contribution is 2.24. The number of carbonyl (C=O) groups excluding carboxylic acids is 1. The van der Waals surface area contributed by atoms with E-state index >= 15 is 0 Å². The molecular weight excluding hydrogens is 368 g/mol. The zero-order chi connectivity index (χ0) is 17.9. The summed E-state index contributed by atoms with van der Waals surface area (Å²) in [6, 6.07) is 15.3. The van der Waals surface area contributed by atoms with E-state index in [1.54, 1.807) is 6.20 Å². The Hall–Kier alpha value is -2.91. The number of aromatic nitrogens is 4. The first kappa shape index (κ1) is 16.6. The molecule has 9 heteroatoms. The standard InChI is InChI=1S/C17H14N6OS2/c18-23-9-14(11-5-2-1-3-6-11)20-17(23)25-10-15(24)19-12-7-4-8-13-16(12)22-26-21-13/h1-9H,10,18H2,(H,19,24). The third kappa shape index (κ3) is 3.39. The largest absolute Gasteiger partial charge is 0.337 e. The van der Waals surface area contributed by atoms with Crippen LogP contribution in [0.3, 0.4) is 0 Å². The first-order chi connectivity index (χ1) is 12.7. The molecule has 0 spiro atoms. The Morgan fingerprint density at radius 3 is 2.85 bits per heavy atom. The van der Waals surface area contributed by atoms with Gasteiger partial charge in [0.1, 0.15) is 11.0 Å². The zero-order valence-electron chi connectivity index (χ0n) is 13.5. The number of nitrogens with zero attached hydrogens (tertiary/aromatic N) is 4. The van der Waals surface area contributed by atoms with Crippen LogP contribution in [0.25, 0.3) is 22.3 Å². The maximum absolute atomic E-state index is 12.3. The molecule has 4 aromatic rings. The van der Waals surface area contributed by atoms with Crippen LogP contribution in [0, 0.1) is 0 Å². The summed E-state index contributed by atoms with van der Waals surface area (Å²) in [5, 5.41) is 3.44. The van der Waals surface area contributed by atoms with Gasteiger partial charge in [-0.1, -0.05) is 48.2 Å². The minimum absolute atomic E-state index is 0.153. The highest BCUT2D eigenvalue weighted by atomic mass is 32.2. The number of amides is 1. The summed E-state index contributed by atoms with van der Waals surface area (Å²) in [4.78, 5) is 16.8. The van der Waals surface area contributed by atoms with Gasteiger partial charge in [-0.05, 0) is 12.1 Å². The van der Waals surface area contributed by atoms with Crippen molar-refractivity contribution in [3.8, 4) is 11.3 Å². The van der Waals surface area contributed by atoms with E-state index in [4.69, 9.17) is 5.84 Å². The summed E-state index contributed by atoms with van der Waals surface area (Å²) in [6.45, 7) is 0. The average Bonchev–Trinajstić information content (AvgIpc) is 3.28. The second-order valence-electron chi connectivity index (χ2n) is 5.46. The molecule has 0 bridgehead atoms. The summed E-state index contributed by atoms with van der Waals surface area (Å²) in [7, 11) is 0. The molecule has 2 aromatic carbocycles. The number of hydrogen-bond donors (Lipinski definition) is 2. The molecule has 7 nitrogen and oxygen atoms in total. The first-order valence-electron chi connectivity index (χ1n) is 7.74. The van der Waals surface area contributed by atoms with E-state index in [2.05, 4.69) is 19.0 Å². The van der Waals surface area contributed by atoms with E-state index in [-0.39, 0.29) is 11.7 Å². The number of fused-ring (bicyclic) bond motifs is 1. The molecule has 0 fully saturated rings. The summed E-state index contributed by atoms with van der Waals surface area (Å²) in [6.07, 6.45) is 1.75. The van der Waals surface area contributed by atoms with Crippen molar-refractivity contribution in [3.05, 3.63) is 54.7 Å². The molecule has 0 aliphatic rings. The fourth-order valence-electron chi connectivity index (χ4n) is 2.45. The van der Waals surface area contributed by atoms with Crippen molar-refractivity contribution in [1.29, 1.82) is 0 Å². The lowest BCUT2D eigenvalue weighted by Gasteiger charge is -2.05. The predicted octanol–water partition coefficient (Wildman–Crippen LogP) is 3.00. The van der Waals surface area contributed by atoms with Crippen molar-refractivity contribution in [2.75, 3.05) is 16.9 Å². The van der Waals surface area contributed by atoms with E-state index in [0.717, 1.165) is 28.5 Å². The van der Waals surface area contributed by atoms with Crippen LogP contribution >= 0.6 is 23.5 Å². The van der Waals surface area contributed by atoms with Gasteiger partial charge in [-0.3, -0.25) is 4.79 Å². The van der Waals surface area contributed by atoms with Crippen molar-refractivity contribution in [2.24, 2.45) is 0 Å². The maximum atomic E-state index is 12.3. The molecule has 0 unspecified atom stereocenters. The molecular formula is C17H14N6OS2. The van der Waals surface area contributed by atoms with Crippen LogP contribution in [-0.2, 0) is 4.79 Å². The second kappa shape index (κ2) is 7.14. The first-order valence-corrected chi connectivity index (χ1v) is 9.46. The van der Waals surface area contributed by atoms with Gasteiger partial charge in [-0.25, -0.2) is 9.66 Å². The third-order valence-electron chi connectivity index (χ3n) is 3.66. The maximum Gasteiger partial charge on any atom is 0.234 e. The molecule has 1 amide bonds. The number of carbonyl (C=O) groups is 1. The van der Waals surface area contributed by atoms with Crippen LogP contribution in [-0.4, -0.2) is 30.1 Å². The number of benzene rings is 2. The fraction of sp³-hybridized carbons (Fsp3) is 0.0588. The lowest BCUT2D eigenvalue weighted by Crippen LogP contribution is -2.15. The Kier molecular flexibility index (Phi) is 4.55. The molecule has 0 saturated heterocycles. The Labute approximate surface area is 157 Å². The molecule has 2 aromatic heterocycles. The van der Waals surface area contributed by atoms with Crippen LogP contribution in [0.1, 0.15) is 0 Å². The van der Waals surface area contributed by atoms with Crippen molar-refractivity contribution in [2.45, 2.75) is 5.16 Å². The molecule has 0 atom stereocenters. The summed E-state index contributed by atoms with van der Waals surface area (Å²) in [5.74, 6) is 6.00. The number of thioether (sulfide) groups is 1. The molecule has 0 aliphatic carbocycles. The quantitative estimate of drug-likeness (QED) is 0.407. The molecule has 3 N–H and O–H groups in total. The van der Waals surface area contributed by atoms with E-state index in [9.17, 15) is 4.79 Å². The predicted molar refractivity (Wildman–Crippen MR) is 105 cm³/mol. The van der Waals surface area contributed by atoms with E-state index in [0.29, 0.717) is 16.4 Å². The van der Waals surface area contributed by atoms with Gasteiger partial charge in [-0.15, -0.1) is 0 Å². The number of hydrogen-bond acceptors (Lipinski definition) is 7. The van der Waals surface area contributed by atoms with Crippen LogP contribution in [0.2, 0.25) is 0 Å². The highest BCUT2D eigenvalue weighted by Gasteiger charge is 2.12. The summed E-state index contributed by atoms with van der Waals surface area (Å²) in [5.41, 5.74) is 3.87. The Morgan fingerprint density at radius 2 is 2.00 bits per heavy atom. The number of nitrogens with two attached hydrogens (primary N) is 1. The van der Waals surface area contributed by atoms with Crippen molar-refractivity contribution >= 4 is 46.1 Å². The van der Waals surface area contributed by atoms with Crippen molar-refractivity contribution in [1.82, 2.24) is 18.4 Å². The second-order valence-corrected chi connectivity index (χ2v) is 6.93. The van der Waals surface area contributed by atoms with Gasteiger partial charge >= 0.3 is 0 Å². The van der Waals surface area contributed by atoms with Gasteiger partial charge in [0.25, 0.3) is 0 Å². The van der Waals surface area contributed by atoms with Gasteiger partial charge in [0.15, 0.2) is 5.16 Å². The SMILES string of the molecule is Nn1cc(-c2ccccc2)nc1SCC(=O)Nc1cccc2nsnc12. The highest BCUT2D eigenvalue weighted by molar-refractivity contribution is 7.99. The molecule has 0 saturated carbocycles. The van der Waals surface area contributed by atoms with Crippen LogP contribution in [0.15, 0.2) is 59.9 Å². The Balaban J connectivity index is 1.43. The van der Waals surface area contributed by atoms with Gasteiger partial charge in [-0.2, -0.15) is 8.75 Å². The smallest absolute Gasteiger partial charge is 0.234 e. The monoisotopic (exact) mass is 382 g/mol.